The van der Waals surface area contributed by atoms with Crippen molar-refractivity contribution in [3.8, 4) is 28.0 Å². The summed E-state index contributed by atoms with van der Waals surface area (Å²) < 4.78 is 21.7. The Labute approximate surface area is 239 Å². The molecular formula is C34H32ClFN2O2. The van der Waals surface area contributed by atoms with E-state index < -0.39 is 0 Å². The molecule has 204 valence electrons. The molecule has 4 aromatic rings. The van der Waals surface area contributed by atoms with Gasteiger partial charge in [-0.3, -0.25) is 4.90 Å². The largest absolute Gasteiger partial charge is 0.489 e. The minimum Gasteiger partial charge on any atom is -0.489 e. The summed E-state index contributed by atoms with van der Waals surface area (Å²) in [6.45, 7) is 1.44. The van der Waals surface area contributed by atoms with Crippen molar-refractivity contribution in [3.63, 3.8) is 0 Å². The molecule has 0 radical (unpaired) electrons. The maximum atomic E-state index is 15.6. The van der Waals surface area contributed by atoms with Gasteiger partial charge in [-0.1, -0.05) is 73.3 Å². The molecule has 4 nitrogen and oxygen atoms in total. The summed E-state index contributed by atoms with van der Waals surface area (Å²) in [7, 11) is 0. The van der Waals surface area contributed by atoms with Gasteiger partial charge in [0, 0.05) is 35.4 Å². The van der Waals surface area contributed by atoms with Gasteiger partial charge in [0.25, 0.3) is 0 Å². The summed E-state index contributed by atoms with van der Waals surface area (Å²) in [5, 5.41) is 3.51. The van der Waals surface area contributed by atoms with Crippen molar-refractivity contribution in [2.45, 2.75) is 44.6 Å². The Morgan fingerprint density at radius 1 is 0.875 bits per heavy atom. The number of anilines is 1. The molecule has 0 atom stereocenters. The lowest BCUT2D eigenvalue weighted by atomic mass is 9.81. The predicted molar refractivity (Wildman–Crippen MR) is 160 cm³/mol. The van der Waals surface area contributed by atoms with E-state index in [9.17, 15) is 4.79 Å². The van der Waals surface area contributed by atoms with Crippen LogP contribution in [-0.4, -0.2) is 19.1 Å². The minimum absolute atomic E-state index is 0.114. The van der Waals surface area contributed by atoms with Crippen LogP contribution >= 0.6 is 11.6 Å². The van der Waals surface area contributed by atoms with Crippen molar-refractivity contribution in [2.24, 2.45) is 0 Å². The zero-order valence-corrected chi connectivity index (χ0v) is 23.1. The highest BCUT2D eigenvalue weighted by molar-refractivity contribution is 6.30. The van der Waals surface area contributed by atoms with Gasteiger partial charge in [0.15, 0.2) is 0 Å². The molecule has 0 aromatic heterocycles. The number of nitrogens with zero attached hydrogens (tertiary/aromatic N) is 1. The summed E-state index contributed by atoms with van der Waals surface area (Å²) in [6, 6.07) is 26.8. The van der Waals surface area contributed by atoms with E-state index in [0.717, 1.165) is 40.8 Å². The van der Waals surface area contributed by atoms with Crippen molar-refractivity contribution < 1.29 is 13.9 Å². The first-order valence-corrected chi connectivity index (χ1v) is 14.4. The first-order chi connectivity index (χ1) is 19.6. The molecule has 1 saturated heterocycles. The number of benzene rings is 4. The summed E-state index contributed by atoms with van der Waals surface area (Å²) in [5.74, 6) is 0.653. The smallest absolute Gasteiger partial charge is 0.321 e. The third kappa shape index (κ3) is 5.57. The lowest BCUT2D eigenvalue weighted by molar-refractivity contribution is 0.252. The Bertz CT molecular complexity index is 1520. The molecule has 0 unspecified atom stereocenters. The van der Waals surface area contributed by atoms with Crippen molar-refractivity contribution >= 4 is 23.3 Å². The third-order valence-corrected chi connectivity index (χ3v) is 8.30. The number of urea groups is 1. The molecule has 0 spiro atoms. The number of nitrogens with one attached hydrogen (secondary N) is 1. The van der Waals surface area contributed by atoms with Gasteiger partial charge in [-0.15, -0.1) is 0 Å². The van der Waals surface area contributed by atoms with Gasteiger partial charge in [-0.05, 0) is 83.0 Å². The summed E-state index contributed by atoms with van der Waals surface area (Å²) >= 11 is 6.12. The number of rotatable bonds is 7. The number of amides is 2. The lowest BCUT2D eigenvalue weighted by Gasteiger charge is -2.24. The van der Waals surface area contributed by atoms with E-state index in [1.807, 2.05) is 66.7 Å². The van der Waals surface area contributed by atoms with Crippen molar-refractivity contribution in [1.82, 2.24) is 5.32 Å². The minimum atomic E-state index is -0.291. The van der Waals surface area contributed by atoms with Gasteiger partial charge in [0.1, 0.15) is 18.2 Å². The van der Waals surface area contributed by atoms with Crippen molar-refractivity contribution in [3.05, 3.63) is 107 Å². The van der Waals surface area contributed by atoms with E-state index in [2.05, 4.69) is 17.4 Å². The molecule has 1 aliphatic heterocycles. The molecular weight excluding hydrogens is 523 g/mol. The van der Waals surface area contributed by atoms with Crippen LogP contribution < -0.4 is 15.0 Å². The Balaban J connectivity index is 1.27. The number of carbonyl (C=O) groups is 1. The maximum absolute atomic E-state index is 15.6. The molecule has 2 amide bonds. The van der Waals surface area contributed by atoms with E-state index >= 15 is 4.39 Å². The van der Waals surface area contributed by atoms with Crippen LogP contribution in [0.1, 0.15) is 49.1 Å². The van der Waals surface area contributed by atoms with Gasteiger partial charge in [-0.2, -0.15) is 0 Å². The van der Waals surface area contributed by atoms with Crippen LogP contribution in [0.3, 0.4) is 0 Å². The summed E-state index contributed by atoms with van der Waals surface area (Å²) in [4.78, 5) is 14.0. The maximum Gasteiger partial charge on any atom is 0.321 e. The highest BCUT2D eigenvalue weighted by Gasteiger charge is 2.23. The molecule has 1 aliphatic carbocycles. The number of halogens is 2. The second-order valence-corrected chi connectivity index (χ2v) is 11.0. The zero-order chi connectivity index (χ0) is 27.5. The van der Waals surface area contributed by atoms with Crippen molar-refractivity contribution in [1.29, 1.82) is 0 Å². The van der Waals surface area contributed by atoms with E-state index in [4.69, 9.17) is 16.3 Å². The van der Waals surface area contributed by atoms with Crippen LogP contribution in [0.25, 0.3) is 22.3 Å². The Morgan fingerprint density at radius 3 is 2.40 bits per heavy atom. The van der Waals surface area contributed by atoms with E-state index in [1.54, 1.807) is 4.90 Å². The molecule has 2 aliphatic rings. The highest BCUT2D eigenvalue weighted by atomic mass is 35.5. The second-order valence-electron chi connectivity index (χ2n) is 10.6. The van der Waals surface area contributed by atoms with Crippen LogP contribution in [0.15, 0.2) is 84.9 Å². The number of hydrogen-bond donors (Lipinski definition) is 1. The van der Waals surface area contributed by atoms with E-state index in [-0.39, 0.29) is 18.5 Å². The van der Waals surface area contributed by atoms with Gasteiger partial charge in [-0.25, -0.2) is 9.18 Å². The molecule has 6 heteroatoms. The standard InChI is InChI=1S/C34H32ClFN2O2/c35-26-12-10-24(11-13-26)29-16-14-27(38-19-18-37-34(38)39)20-25(29)22-40-28-15-17-32(33(36)21-28)31-9-5-4-8-30(31)23-6-2-1-3-7-23/h4-5,8-17,20-21,23H,1-3,6-7,18-19,22H2,(H,37,39). The fraction of sp³-hybridized carbons (Fsp3) is 0.265. The fourth-order valence-electron chi connectivity index (χ4n) is 5.97. The molecule has 4 aromatic carbocycles. The van der Waals surface area contributed by atoms with Gasteiger partial charge >= 0.3 is 6.03 Å². The number of ether oxygens (including phenoxy) is 1. The first kappa shape index (κ1) is 26.4. The van der Waals surface area contributed by atoms with Gasteiger partial charge in [0.05, 0.1) is 0 Å². The lowest BCUT2D eigenvalue weighted by Crippen LogP contribution is -2.27. The van der Waals surface area contributed by atoms with Crippen LogP contribution in [0.4, 0.5) is 14.9 Å². The van der Waals surface area contributed by atoms with E-state index in [1.165, 1.54) is 30.9 Å². The highest BCUT2D eigenvalue weighted by Crippen LogP contribution is 2.39. The van der Waals surface area contributed by atoms with Gasteiger partial charge < -0.3 is 10.1 Å². The fourth-order valence-corrected chi connectivity index (χ4v) is 6.10. The van der Waals surface area contributed by atoms with Crippen LogP contribution in [0.2, 0.25) is 5.02 Å². The first-order valence-electron chi connectivity index (χ1n) is 14.0. The second kappa shape index (κ2) is 11.7. The van der Waals surface area contributed by atoms with Crippen LogP contribution in [0.5, 0.6) is 5.75 Å². The average Bonchev–Trinajstić information content (AvgIpc) is 3.43. The third-order valence-electron chi connectivity index (χ3n) is 8.04. The quantitative estimate of drug-likeness (QED) is 0.248. The van der Waals surface area contributed by atoms with Crippen LogP contribution in [-0.2, 0) is 6.61 Å². The monoisotopic (exact) mass is 554 g/mol. The van der Waals surface area contributed by atoms with Crippen molar-refractivity contribution in [2.75, 3.05) is 18.0 Å². The predicted octanol–water partition coefficient (Wildman–Crippen LogP) is 8.97. The Morgan fingerprint density at radius 2 is 1.65 bits per heavy atom. The SMILES string of the molecule is O=C1NCCN1c1ccc(-c2ccc(Cl)cc2)c(COc2ccc(-c3ccccc3C3CCCCC3)c(F)c2)c1. The summed E-state index contributed by atoms with van der Waals surface area (Å²) in [5.41, 5.74) is 6.47. The van der Waals surface area contributed by atoms with Crippen LogP contribution in [0, 0.1) is 5.82 Å². The molecule has 40 heavy (non-hydrogen) atoms. The molecule has 0 bridgehead atoms. The Hall–Kier alpha value is -3.83. The molecule has 2 fully saturated rings. The molecule has 1 heterocycles. The molecule has 6 rings (SSSR count). The topological polar surface area (TPSA) is 41.6 Å². The Kier molecular flexibility index (Phi) is 7.74. The number of carbonyl (C=O) groups excluding carboxylic acids is 1. The number of hydrogen-bond acceptors (Lipinski definition) is 2. The molecule has 1 saturated carbocycles. The molecule has 1 N–H and O–H groups in total. The normalized spacial score (nSPS) is 15.8. The average molecular weight is 555 g/mol. The zero-order valence-electron chi connectivity index (χ0n) is 22.3. The van der Waals surface area contributed by atoms with Gasteiger partial charge in [0.2, 0.25) is 0 Å². The van der Waals surface area contributed by atoms with E-state index in [0.29, 0.717) is 35.3 Å². The summed E-state index contributed by atoms with van der Waals surface area (Å²) in [6.07, 6.45) is 6.07.